The van der Waals surface area contributed by atoms with Crippen LogP contribution < -0.4 is 0 Å². The molecule has 1 aliphatic rings. The maximum absolute atomic E-state index is 10.6. The van der Waals surface area contributed by atoms with Crippen molar-refractivity contribution >= 4 is 10.1 Å². The van der Waals surface area contributed by atoms with Gasteiger partial charge in [0.1, 0.15) is 0 Å². The van der Waals surface area contributed by atoms with Gasteiger partial charge in [0.15, 0.2) is 0 Å². The van der Waals surface area contributed by atoms with E-state index in [1.807, 2.05) is 0 Å². The van der Waals surface area contributed by atoms with Gasteiger partial charge in [0.2, 0.25) is 0 Å². The van der Waals surface area contributed by atoms with Crippen molar-refractivity contribution in [3.63, 3.8) is 0 Å². The minimum atomic E-state index is -3.77. The largest absolute Gasteiger partial charge is 0.395 e. The molecule has 1 fully saturated rings. The van der Waals surface area contributed by atoms with Crippen molar-refractivity contribution in [3.8, 4) is 0 Å². The molecule has 6 nitrogen and oxygen atoms in total. The van der Waals surface area contributed by atoms with Crippen molar-refractivity contribution in [2.24, 2.45) is 0 Å². The number of aliphatic hydroxyl groups is 1. The molecule has 0 atom stereocenters. The molecule has 0 aromatic heterocycles. The molecular weight excluding hydrogens is 316 g/mol. The number of hydrogen-bond acceptors (Lipinski definition) is 5. The van der Waals surface area contributed by atoms with Crippen LogP contribution in [-0.2, 0) is 10.1 Å². The van der Waals surface area contributed by atoms with Gasteiger partial charge in [-0.25, -0.2) is 0 Å². The first-order valence-corrected chi connectivity index (χ1v) is 10.6. The second kappa shape index (κ2) is 12.2. The molecule has 1 heterocycles. The molecule has 0 aromatic rings. The molecule has 2 N–H and O–H groups in total. The predicted molar refractivity (Wildman–Crippen MR) is 93.3 cm³/mol. The van der Waals surface area contributed by atoms with E-state index >= 15 is 0 Å². The lowest BCUT2D eigenvalue weighted by molar-refractivity contribution is 0.111. The third-order valence-corrected chi connectivity index (χ3v) is 5.31. The number of aliphatic hydroxyl groups excluding tert-OH is 1. The zero-order valence-corrected chi connectivity index (χ0v) is 15.1. The lowest BCUT2D eigenvalue weighted by Crippen LogP contribution is -2.47. The molecule has 23 heavy (non-hydrogen) atoms. The third kappa shape index (κ3) is 11.9. The molecule has 1 saturated heterocycles. The number of rotatable bonds is 13. The lowest BCUT2D eigenvalue weighted by atomic mass is 10.1. The van der Waals surface area contributed by atoms with Crippen LogP contribution in [0.4, 0.5) is 0 Å². The van der Waals surface area contributed by atoms with Crippen LogP contribution in [0.25, 0.3) is 0 Å². The highest BCUT2D eigenvalue weighted by atomic mass is 32.2. The minimum absolute atomic E-state index is 0.0986. The monoisotopic (exact) mass is 350 g/mol. The molecule has 0 bridgehead atoms. The summed E-state index contributed by atoms with van der Waals surface area (Å²) in [5.41, 5.74) is 0. The Labute approximate surface area is 141 Å². The maximum Gasteiger partial charge on any atom is 0.264 e. The molecule has 0 radical (unpaired) electrons. The molecule has 0 amide bonds. The molecule has 7 heteroatoms. The standard InChI is InChI=1S/C16H34N2O4S/c19-15-14-18-12-10-17(11-13-18)9-7-5-3-1-2-4-6-8-16-23(20,21)22/h19H,1-16H2,(H,20,21,22). The zero-order valence-electron chi connectivity index (χ0n) is 14.3. The quantitative estimate of drug-likeness (QED) is 0.388. The van der Waals surface area contributed by atoms with E-state index < -0.39 is 10.1 Å². The minimum Gasteiger partial charge on any atom is -0.395 e. The highest BCUT2D eigenvalue weighted by Crippen LogP contribution is 2.10. The van der Waals surface area contributed by atoms with Gasteiger partial charge in [-0.1, -0.05) is 38.5 Å². The Morgan fingerprint density at radius 1 is 0.696 bits per heavy atom. The third-order valence-electron chi connectivity index (χ3n) is 4.51. The second-order valence-corrected chi connectivity index (χ2v) is 8.09. The van der Waals surface area contributed by atoms with Gasteiger partial charge in [-0.2, -0.15) is 8.42 Å². The summed E-state index contributed by atoms with van der Waals surface area (Å²) in [6, 6.07) is 0. The normalized spacial score (nSPS) is 17.7. The van der Waals surface area contributed by atoms with E-state index in [1.165, 1.54) is 32.2 Å². The van der Waals surface area contributed by atoms with Crippen LogP contribution in [-0.4, -0.2) is 79.5 Å². The summed E-state index contributed by atoms with van der Waals surface area (Å²) >= 11 is 0. The number of unbranched alkanes of at least 4 members (excludes halogenated alkanes) is 7. The van der Waals surface area contributed by atoms with Crippen molar-refractivity contribution < 1.29 is 18.1 Å². The van der Waals surface area contributed by atoms with Crippen molar-refractivity contribution in [1.82, 2.24) is 9.80 Å². The molecule has 1 rings (SSSR count). The Balaban J connectivity index is 1.83. The van der Waals surface area contributed by atoms with E-state index in [2.05, 4.69) is 9.80 Å². The van der Waals surface area contributed by atoms with Gasteiger partial charge < -0.3 is 10.0 Å². The Morgan fingerprint density at radius 2 is 1.13 bits per heavy atom. The first-order chi connectivity index (χ1) is 11.0. The average Bonchev–Trinajstić information content (AvgIpc) is 2.50. The fourth-order valence-electron chi connectivity index (χ4n) is 3.06. The highest BCUT2D eigenvalue weighted by molar-refractivity contribution is 7.85. The molecule has 138 valence electrons. The van der Waals surface area contributed by atoms with Crippen LogP contribution in [0.5, 0.6) is 0 Å². The Morgan fingerprint density at radius 3 is 1.61 bits per heavy atom. The molecule has 1 aliphatic heterocycles. The van der Waals surface area contributed by atoms with Gasteiger partial charge >= 0.3 is 0 Å². The first-order valence-electron chi connectivity index (χ1n) is 9.02. The van der Waals surface area contributed by atoms with E-state index in [4.69, 9.17) is 9.66 Å². The summed E-state index contributed by atoms with van der Waals surface area (Å²) in [6.07, 6.45) is 8.66. The SMILES string of the molecule is O=S(=O)(O)CCCCCCCCCCN1CCN(CCO)CC1. The predicted octanol–water partition coefficient (Wildman–Crippen LogP) is 1.60. The molecule has 0 aromatic carbocycles. The van der Waals surface area contributed by atoms with Crippen LogP contribution in [0.15, 0.2) is 0 Å². The van der Waals surface area contributed by atoms with Gasteiger partial charge in [-0.3, -0.25) is 9.45 Å². The molecule has 0 saturated carbocycles. The average molecular weight is 351 g/mol. The number of β-amino-alcohol motifs (C(OH)–C–C–N with tert-alkyl or cyclic N) is 1. The van der Waals surface area contributed by atoms with E-state index in [0.717, 1.165) is 52.0 Å². The van der Waals surface area contributed by atoms with Gasteiger partial charge in [-0.15, -0.1) is 0 Å². The van der Waals surface area contributed by atoms with E-state index in [9.17, 15) is 8.42 Å². The van der Waals surface area contributed by atoms with Gasteiger partial charge in [0, 0.05) is 32.7 Å². The van der Waals surface area contributed by atoms with Crippen molar-refractivity contribution in [2.45, 2.75) is 51.4 Å². The highest BCUT2D eigenvalue weighted by Gasteiger charge is 2.15. The van der Waals surface area contributed by atoms with Crippen LogP contribution in [0.2, 0.25) is 0 Å². The summed E-state index contributed by atoms with van der Waals surface area (Å²) in [4.78, 5) is 4.84. The van der Waals surface area contributed by atoms with Gasteiger partial charge in [0.05, 0.1) is 12.4 Å². The second-order valence-electron chi connectivity index (χ2n) is 6.52. The first kappa shape index (κ1) is 20.8. The smallest absolute Gasteiger partial charge is 0.264 e. The summed E-state index contributed by atoms with van der Waals surface area (Å²) in [6.45, 7) is 6.63. The van der Waals surface area contributed by atoms with Crippen LogP contribution in [0.1, 0.15) is 51.4 Å². The van der Waals surface area contributed by atoms with Crippen molar-refractivity contribution in [1.29, 1.82) is 0 Å². The summed E-state index contributed by atoms with van der Waals surface area (Å²) < 4.78 is 29.7. The van der Waals surface area contributed by atoms with Crippen LogP contribution in [0, 0.1) is 0 Å². The summed E-state index contributed by atoms with van der Waals surface area (Å²) in [5, 5.41) is 8.92. The number of nitrogens with zero attached hydrogens (tertiary/aromatic N) is 2. The fourth-order valence-corrected chi connectivity index (χ4v) is 3.63. The van der Waals surface area contributed by atoms with Gasteiger partial charge in [-0.05, 0) is 19.4 Å². The number of hydrogen-bond donors (Lipinski definition) is 2. The Hall–Kier alpha value is -0.210. The molecular formula is C16H34N2O4S. The molecule has 0 spiro atoms. The van der Waals surface area contributed by atoms with Crippen molar-refractivity contribution in [2.75, 3.05) is 51.6 Å². The van der Waals surface area contributed by atoms with Crippen LogP contribution >= 0.6 is 0 Å². The van der Waals surface area contributed by atoms with Gasteiger partial charge in [0.25, 0.3) is 10.1 Å². The Bertz CT molecular complexity index is 382. The number of piperazine rings is 1. The van der Waals surface area contributed by atoms with Crippen molar-refractivity contribution in [3.05, 3.63) is 0 Å². The lowest BCUT2D eigenvalue weighted by Gasteiger charge is -2.34. The summed E-state index contributed by atoms with van der Waals surface area (Å²) in [5.74, 6) is -0.0986. The molecule has 0 aliphatic carbocycles. The van der Waals surface area contributed by atoms with E-state index in [0.29, 0.717) is 6.42 Å². The molecule has 0 unspecified atom stereocenters. The Kier molecular flexibility index (Phi) is 11.0. The summed E-state index contributed by atoms with van der Waals surface area (Å²) in [7, 11) is -3.77. The maximum atomic E-state index is 10.6. The van der Waals surface area contributed by atoms with E-state index in [-0.39, 0.29) is 12.4 Å². The zero-order chi connectivity index (χ0) is 17.0. The van der Waals surface area contributed by atoms with Crippen LogP contribution in [0.3, 0.4) is 0 Å². The fraction of sp³-hybridized carbons (Fsp3) is 1.00. The topological polar surface area (TPSA) is 81.1 Å². The van der Waals surface area contributed by atoms with E-state index in [1.54, 1.807) is 0 Å².